The second kappa shape index (κ2) is 12.6. The molecule has 204 valence electrons. The highest BCUT2D eigenvalue weighted by molar-refractivity contribution is 6.01. The molecule has 3 rings (SSSR count). The number of carbonyl (C=O) groups excluding carboxylic acids is 2. The van der Waals surface area contributed by atoms with Crippen molar-refractivity contribution in [2.75, 3.05) is 46.3 Å². The van der Waals surface area contributed by atoms with Gasteiger partial charge in [0.25, 0.3) is 5.91 Å². The average Bonchev–Trinajstić information content (AvgIpc) is 3.31. The second-order valence-electron chi connectivity index (χ2n) is 10.1. The van der Waals surface area contributed by atoms with Gasteiger partial charge in [0.15, 0.2) is 0 Å². The number of nitrogens with one attached hydrogen (secondary N) is 1. The Morgan fingerprint density at radius 1 is 1.03 bits per heavy atom. The van der Waals surface area contributed by atoms with Crippen LogP contribution in [0.25, 0.3) is 5.69 Å². The van der Waals surface area contributed by atoms with E-state index < -0.39 is 0 Å². The van der Waals surface area contributed by atoms with Crippen LogP contribution in [0, 0.1) is 6.92 Å². The van der Waals surface area contributed by atoms with Gasteiger partial charge in [-0.2, -0.15) is 5.10 Å². The van der Waals surface area contributed by atoms with Gasteiger partial charge in [0.05, 0.1) is 31.2 Å². The number of anilines is 1. The molecule has 2 aromatic carbocycles. The predicted octanol–water partition coefficient (Wildman–Crippen LogP) is 4.61. The van der Waals surface area contributed by atoms with Crippen LogP contribution >= 0.6 is 0 Å². The summed E-state index contributed by atoms with van der Waals surface area (Å²) in [6.45, 7) is 8.86. The number of hydrogen-bond acceptors (Lipinski definition) is 6. The van der Waals surface area contributed by atoms with Gasteiger partial charge in [-0.05, 0) is 43.2 Å². The fraction of sp³-hybridized carbons (Fsp3) is 0.414. The second-order valence-corrected chi connectivity index (χ2v) is 10.1. The molecule has 9 nitrogen and oxygen atoms in total. The first-order valence-corrected chi connectivity index (χ1v) is 12.5. The molecule has 1 heterocycles. The van der Waals surface area contributed by atoms with Gasteiger partial charge in [0, 0.05) is 37.8 Å². The zero-order chi connectivity index (χ0) is 27.9. The molecule has 0 radical (unpaired) electrons. The third kappa shape index (κ3) is 7.13. The third-order valence-corrected chi connectivity index (χ3v) is 6.03. The molecule has 0 fully saturated rings. The summed E-state index contributed by atoms with van der Waals surface area (Å²) >= 11 is 0. The number of aromatic nitrogens is 2. The maximum Gasteiger partial charge on any atom is 0.258 e. The molecule has 0 saturated heterocycles. The Kier molecular flexibility index (Phi) is 9.52. The minimum atomic E-state index is -0.336. The topological polar surface area (TPSA) is 94.9 Å². The number of benzene rings is 2. The van der Waals surface area contributed by atoms with Crippen molar-refractivity contribution in [2.45, 2.75) is 39.5 Å². The highest BCUT2D eigenvalue weighted by atomic mass is 16.5. The first-order valence-electron chi connectivity index (χ1n) is 12.5. The van der Waals surface area contributed by atoms with Gasteiger partial charge in [-0.15, -0.1) is 0 Å². The molecule has 9 heteroatoms. The van der Waals surface area contributed by atoms with Crippen LogP contribution in [0.4, 0.5) is 5.82 Å². The SMILES string of the molecule is COCCCN(CC(=O)Nc1cc(C(C)(C)C)nn1-c1cccc(C)c1)C(=O)c1ccc(OC)cc1OC. The van der Waals surface area contributed by atoms with Gasteiger partial charge in [0.1, 0.15) is 23.9 Å². The van der Waals surface area contributed by atoms with E-state index in [-0.39, 0.29) is 23.8 Å². The fourth-order valence-corrected chi connectivity index (χ4v) is 3.95. The Bertz CT molecular complexity index is 1260. The summed E-state index contributed by atoms with van der Waals surface area (Å²) in [7, 11) is 4.64. The van der Waals surface area contributed by atoms with Crippen molar-refractivity contribution in [3.8, 4) is 17.2 Å². The normalized spacial score (nSPS) is 11.2. The molecule has 0 aliphatic heterocycles. The van der Waals surface area contributed by atoms with Crippen LogP contribution < -0.4 is 14.8 Å². The van der Waals surface area contributed by atoms with Crippen molar-refractivity contribution in [1.29, 1.82) is 0 Å². The van der Waals surface area contributed by atoms with Crippen molar-refractivity contribution in [2.24, 2.45) is 0 Å². The summed E-state index contributed by atoms with van der Waals surface area (Å²) in [6.07, 6.45) is 0.573. The van der Waals surface area contributed by atoms with Crippen LogP contribution in [0.5, 0.6) is 11.5 Å². The van der Waals surface area contributed by atoms with E-state index in [4.69, 9.17) is 19.3 Å². The molecule has 1 N–H and O–H groups in total. The lowest BCUT2D eigenvalue weighted by Crippen LogP contribution is -2.39. The van der Waals surface area contributed by atoms with Gasteiger partial charge in [-0.3, -0.25) is 9.59 Å². The summed E-state index contributed by atoms with van der Waals surface area (Å²) in [5.74, 6) is 0.827. The number of hydrogen-bond donors (Lipinski definition) is 1. The van der Waals surface area contributed by atoms with Crippen LogP contribution in [-0.4, -0.2) is 67.5 Å². The van der Waals surface area contributed by atoms with E-state index in [0.29, 0.717) is 42.5 Å². The number of amides is 2. The maximum atomic E-state index is 13.5. The lowest BCUT2D eigenvalue weighted by Gasteiger charge is -2.23. The van der Waals surface area contributed by atoms with Crippen LogP contribution in [0.3, 0.4) is 0 Å². The smallest absolute Gasteiger partial charge is 0.258 e. The van der Waals surface area contributed by atoms with Crippen LogP contribution in [0.15, 0.2) is 48.5 Å². The molecular formula is C29H38N4O5. The summed E-state index contributed by atoms with van der Waals surface area (Å²) in [5.41, 5.74) is 2.88. The van der Waals surface area contributed by atoms with E-state index in [1.807, 2.05) is 37.3 Å². The molecule has 0 spiro atoms. The van der Waals surface area contributed by atoms with E-state index in [0.717, 1.165) is 16.9 Å². The van der Waals surface area contributed by atoms with Gasteiger partial charge in [-0.1, -0.05) is 32.9 Å². The number of ether oxygens (including phenoxy) is 3. The molecule has 2 amide bonds. The maximum absolute atomic E-state index is 13.5. The highest BCUT2D eigenvalue weighted by Crippen LogP contribution is 2.28. The largest absolute Gasteiger partial charge is 0.497 e. The van der Waals surface area contributed by atoms with Crippen LogP contribution in [0.2, 0.25) is 0 Å². The number of carbonyl (C=O) groups is 2. The zero-order valence-corrected chi connectivity index (χ0v) is 23.3. The first-order chi connectivity index (χ1) is 18.1. The molecule has 3 aromatic rings. The minimum absolute atomic E-state index is 0.151. The minimum Gasteiger partial charge on any atom is -0.497 e. The van der Waals surface area contributed by atoms with Gasteiger partial charge in [0.2, 0.25) is 5.91 Å². The average molecular weight is 523 g/mol. The van der Waals surface area contributed by atoms with E-state index in [1.165, 1.54) is 12.0 Å². The summed E-state index contributed by atoms with van der Waals surface area (Å²) in [6, 6.07) is 14.8. The molecule has 0 atom stereocenters. The van der Waals surface area contributed by atoms with Gasteiger partial charge >= 0.3 is 0 Å². The van der Waals surface area contributed by atoms with Crippen LogP contribution in [0.1, 0.15) is 48.8 Å². The fourth-order valence-electron chi connectivity index (χ4n) is 3.95. The number of nitrogens with zero attached hydrogens (tertiary/aromatic N) is 3. The monoisotopic (exact) mass is 522 g/mol. The Morgan fingerprint density at radius 3 is 2.42 bits per heavy atom. The summed E-state index contributed by atoms with van der Waals surface area (Å²) in [4.78, 5) is 28.4. The van der Waals surface area contributed by atoms with Gasteiger partial charge in [-0.25, -0.2) is 4.68 Å². The van der Waals surface area contributed by atoms with Crippen molar-refractivity contribution in [3.63, 3.8) is 0 Å². The third-order valence-electron chi connectivity index (χ3n) is 6.03. The van der Waals surface area contributed by atoms with Gasteiger partial charge < -0.3 is 24.4 Å². The molecule has 0 aliphatic rings. The molecule has 38 heavy (non-hydrogen) atoms. The molecular weight excluding hydrogens is 484 g/mol. The Hall–Kier alpha value is -3.85. The van der Waals surface area contributed by atoms with E-state index >= 15 is 0 Å². The van der Waals surface area contributed by atoms with Crippen molar-refractivity contribution < 1.29 is 23.8 Å². The lowest BCUT2D eigenvalue weighted by molar-refractivity contribution is -0.117. The Labute approximate surface area is 224 Å². The molecule has 0 aliphatic carbocycles. The van der Waals surface area contributed by atoms with E-state index in [9.17, 15) is 9.59 Å². The molecule has 0 bridgehead atoms. The quantitative estimate of drug-likeness (QED) is 0.370. The predicted molar refractivity (Wildman–Crippen MR) is 148 cm³/mol. The van der Waals surface area contributed by atoms with Crippen molar-refractivity contribution in [3.05, 3.63) is 65.4 Å². The summed E-state index contributed by atoms with van der Waals surface area (Å²) in [5, 5.41) is 7.76. The Balaban J connectivity index is 1.89. The van der Waals surface area contributed by atoms with Crippen molar-refractivity contribution in [1.82, 2.24) is 14.7 Å². The standard InChI is InChI=1S/C29H38N4O5/c1-20-10-8-11-21(16-20)33-26(18-25(31-33)29(2,3)4)30-27(34)19-32(14-9-15-36-5)28(35)23-13-12-22(37-6)17-24(23)38-7/h8,10-13,16-18H,9,14-15,19H2,1-7H3,(H,30,34). The molecule has 0 saturated carbocycles. The summed E-state index contributed by atoms with van der Waals surface area (Å²) < 4.78 is 17.6. The molecule has 0 unspecified atom stereocenters. The number of rotatable bonds is 11. The lowest BCUT2D eigenvalue weighted by atomic mass is 9.92. The first kappa shape index (κ1) is 28.7. The number of aryl methyl sites for hydroxylation is 1. The zero-order valence-electron chi connectivity index (χ0n) is 23.3. The van der Waals surface area contributed by atoms with Crippen LogP contribution in [-0.2, 0) is 14.9 Å². The number of methoxy groups -OCH3 is 3. The van der Waals surface area contributed by atoms with Crippen molar-refractivity contribution >= 4 is 17.6 Å². The highest BCUT2D eigenvalue weighted by Gasteiger charge is 2.25. The van der Waals surface area contributed by atoms with E-state index in [2.05, 4.69) is 26.1 Å². The molecule has 1 aromatic heterocycles. The van der Waals surface area contributed by atoms with E-state index in [1.54, 1.807) is 37.1 Å². The Morgan fingerprint density at radius 2 is 1.79 bits per heavy atom.